The Morgan fingerprint density at radius 3 is 2.39 bits per heavy atom. The second-order valence-electron chi connectivity index (χ2n) is 8.38. The first-order valence-electron chi connectivity index (χ1n) is 9.92. The zero-order chi connectivity index (χ0) is 22.8. The van der Waals surface area contributed by atoms with Crippen LogP contribution in [0.15, 0.2) is 65.8 Å². The Balaban J connectivity index is 2.03. The summed E-state index contributed by atoms with van der Waals surface area (Å²) < 4.78 is 33.5. The molecule has 3 aromatic rings. The minimum atomic E-state index is -3.91. The summed E-state index contributed by atoms with van der Waals surface area (Å²) in [5, 5.41) is 2.74. The Kier molecular flexibility index (Phi) is 6.22. The minimum absolute atomic E-state index is 0.0801. The van der Waals surface area contributed by atoms with E-state index in [9.17, 15) is 13.2 Å². The van der Waals surface area contributed by atoms with Crippen LogP contribution in [0, 0.1) is 6.92 Å². The SMILES string of the molecule is Cc1ccc(S(=O)(=O)n2cc(C(C)OC(=O)NC(C)(C)C)cc2-c2ccccc2)cn1. The molecule has 0 fully saturated rings. The van der Waals surface area contributed by atoms with E-state index in [4.69, 9.17) is 4.74 Å². The van der Waals surface area contributed by atoms with Gasteiger partial charge in [0.15, 0.2) is 0 Å². The normalized spacial score (nSPS) is 12.9. The molecule has 1 amide bonds. The number of aryl methyl sites for hydroxylation is 1. The van der Waals surface area contributed by atoms with E-state index in [0.29, 0.717) is 11.3 Å². The van der Waals surface area contributed by atoms with E-state index in [1.165, 1.54) is 22.4 Å². The second kappa shape index (κ2) is 8.55. The van der Waals surface area contributed by atoms with E-state index < -0.39 is 27.8 Å². The molecular weight excluding hydrogens is 414 g/mol. The van der Waals surface area contributed by atoms with Gasteiger partial charge in [-0.25, -0.2) is 17.2 Å². The molecule has 8 heteroatoms. The molecule has 2 heterocycles. The number of alkyl carbamates (subject to hydrolysis) is 1. The lowest BCUT2D eigenvalue weighted by Gasteiger charge is -2.21. The van der Waals surface area contributed by atoms with Crippen LogP contribution in [0.2, 0.25) is 0 Å². The van der Waals surface area contributed by atoms with Gasteiger partial charge in [-0.3, -0.25) is 4.98 Å². The molecule has 2 aromatic heterocycles. The van der Waals surface area contributed by atoms with Gasteiger partial charge in [0.1, 0.15) is 11.0 Å². The average molecular weight is 442 g/mol. The van der Waals surface area contributed by atoms with E-state index in [2.05, 4.69) is 10.3 Å². The summed E-state index contributed by atoms with van der Waals surface area (Å²) in [6.45, 7) is 9.05. The van der Waals surface area contributed by atoms with Crippen molar-refractivity contribution in [2.24, 2.45) is 0 Å². The van der Waals surface area contributed by atoms with Crippen LogP contribution < -0.4 is 5.32 Å². The number of nitrogens with one attached hydrogen (secondary N) is 1. The number of rotatable bonds is 5. The Bertz CT molecular complexity index is 1160. The van der Waals surface area contributed by atoms with Gasteiger partial charge in [-0.1, -0.05) is 30.3 Å². The number of carbonyl (C=O) groups is 1. The van der Waals surface area contributed by atoms with E-state index in [0.717, 1.165) is 11.3 Å². The fourth-order valence-electron chi connectivity index (χ4n) is 2.99. The molecule has 164 valence electrons. The molecule has 3 rings (SSSR count). The van der Waals surface area contributed by atoms with Crippen molar-refractivity contribution in [1.29, 1.82) is 0 Å². The third kappa shape index (κ3) is 5.32. The summed E-state index contributed by atoms with van der Waals surface area (Å²) in [5.74, 6) is 0. The monoisotopic (exact) mass is 441 g/mol. The lowest BCUT2D eigenvalue weighted by molar-refractivity contribution is 0.100. The van der Waals surface area contributed by atoms with Crippen molar-refractivity contribution in [3.63, 3.8) is 0 Å². The Morgan fingerprint density at radius 2 is 1.81 bits per heavy atom. The first kappa shape index (κ1) is 22.6. The fourth-order valence-corrected chi connectivity index (χ4v) is 4.32. The summed E-state index contributed by atoms with van der Waals surface area (Å²) in [6, 6.07) is 14.1. The van der Waals surface area contributed by atoms with E-state index in [-0.39, 0.29) is 4.90 Å². The average Bonchev–Trinajstić information content (AvgIpc) is 3.14. The van der Waals surface area contributed by atoms with Gasteiger partial charge in [-0.2, -0.15) is 0 Å². The van der Waals surface area contributed by atoms with Crippen LogP contribution in [-0.2, 0) is 14.8 Å². The predicted octanol–water partition coefficient (Wildman–Crippen LogP) is 4.68. The molecular formula is C23H27N3O4S. The first-order chi connectivity index (χ1) is 14.5. The third-order valence-corrected chi connectivity index (χ3v) is 6.21. The number of hydrogen-bond donors (Lipinski definition) is 1. The zero-order valence-electron chi connectivity index (χ0n) is 18.3. The number of carbonyl (C=O) groups excluding carboxylic acids is 1. The number of benzene rings is 1. The van der Waals surface area contributed by atoms with Crippen LogP contribution in [0.1, 0.15) is 45.1 Å². The summed E-state index contributed by atoms with van der Waals surface area (Å²) in [7, 11) is -3.91. The van der Waals surface area contributed by atoms with E-state index in [1.54, 1.807) is 26.0 Å². The molecule has 0 bridgehead atoms. The van der Waals surface area contributed by atoms with Gasteiger partial charge in [0.05, 0.1) is 5.69 Å². The quantitative estimate of drug-likeness (QED) is 0.621. The van der Waals surface area contributed by atoms with E-state index >= 15 is 0 Å². The lowest BCUT2D eigenvalue weighted by atomic mass is 10.1. The Morgan fingerprint density at radius 1 is 1.13 bits per heavy atom. The van der Waals surface area contributed by atoms with Crippen molar-refractivity contribution < 1.29 is 17.9 Å². The maximum absolute atomic E-state index is 13.4. The number of ether oxygens (including phenoxy) is 1. The number of nitrogens with zero attached hydrogens (tertiary/aromatic N) is 2. The highest BCUT2D eigenvalue weighted by molar-refractivity contribution is 7.90. The number of pyridine rings is 1. The fraction of sp³-hybridized carbons (Fsp3) is 0.304. The summed E-state index contributed by atoms with van der Waals surface area (Å²) in [5.41, 5.74) is 2.04. The standard InChI is InChI=1S/C23H27N3O4S/c1-16-11-12-20(14-24-16)31(28,29)26-15-19(13-21(26)18-9-7-6-8-10-18)17(2)30-22(27)25-23(3,4)5/h6-15,17H,1-5H3,(H,25,27). The van der Waals surface area contributed by atoms with Crippen molar-refractivity contribution >= 4 is 16.1 Å². The number of amides is 1. The maximum atomic E-state index is 13.4. The molecule has 0 spiro atoms. The Labute approximate surface area is 183 Å². The molecule has 1 atom stereocenters. The highest BCUT2D eigenvalue weighted by Gasteiger charge is 2.25. The van der Waals surface area contributed by atoms with Crippen LogP contribution >= 0.6 is 0 Å². The van der Waals surface area contributed by atoms with Gasteiger partial charge in [-0.15, -0.1) is 0 Å². The van der Waals surface area contributed by atoms with Crippen molar-refractivity contribution in [3.05, 3.63) is 72.2 Å². The summed E-state index contributed by atoms with van der Waals surface area (Å²) in [4.78, 5) is 16.4. The number of hydrogen-bond acceptors (Lipinski definition) is 5. The molecule has 0 aliphatic rings. The van der Waals surface area contributed by atoms with Crippen LogP contribution in [0.5, 0.6) is 0 Å². The highest BCUT2D eigenvalue weighted by Crippen LogP contribution is 2.30. The molecule has 1 unspecified atom stereocenters. The highest BCUT2D eigenvalue weighted by atomic mass is 32.2. The molecule has 1 N–H and O–H groups in total. The van der Waals surface area contributed by atoms with Crippen molar-refractivity contribution in [3.8, 4) is 11.3 Å². The van der Waals surface area contributed by atoms with Crippen molar-refractivity contribution in [2.75, 3.05) is 0 Å². The minimum Gasteiger partial charge on any atom is -0.442 e. The van der Waals surface area contributed by atoms with Crippen molar-refractivity contribution in [1.82, 2.24) is 14.3 Å². The van der Waals surface area contributed by atoms with Crippen LogP contribution in [-0.4, -0.2) is 29.0 Å². The summed E-state index contributed by atoms with van der Waals surface area (Å²) >= 11 is 0. The molecule has 1 aromatic carbocycles. The molecule has 0 saturated heterocycles. The summed E-state index contributed by atoms with van der Waals surface area (Å²) in [6.07, 6.45) is 1.61. The zero-order valence-corrected chi connectivity index (χ0v) is 19.1. The van der Waals surface area contributed by atoms with Gasteiger partial charge in [0.25, 0.3) is 10.0 Å². The van der Waals surface area contributed by atoms with Gasteiger partial charge in [-0.05, 0) is 58.4 Å². The van der Waals surface area contributed by atoms with Gasteiger partial charge in [0, 0.05) is 29.2 Å². The second-order valence-corrected chi connectivity index (χ2v) is 10.2. The molecule has 31 heavy (non-hydrogen) atoms. The molecule has 0 aliphatic heterocycles. The third-order valence-electron chi connectivity index (χ3n) is 4.55. The van der Waals surface area contributed by atoms with Gasteiger partial charge < -0.3 is 10.1 Å². The van der Waals surface area contributed by atoms with Gasteiger partial charge in [0.2, 0.25) is 0 Å². The predicted molar refractivity (Wildman–Crippen MR) is 119 cm³/mol. The number of aromatic nitrogens is 2. The van der Waals surface area contributed by atoms with E-state index in [1.807, 2.05) is 51.1 Å². The van der Waals surface area contributed by atoms with Crippen molar-refractivity contribution in [2.45, 2.75) is 51.2 Å². The van der Waals surface area contributed by atoms with Gasteiger partial charge >= 0.3 is 6.09 Å². The lowest BCUT2D eigenvalue weighted by Crippen LogP contribution is -2.41. The smallest absolute Gasteiger partial charge is 0.408 e. The first-order valence-corrected chi connectivity index (χ1v) is 11.4. The Hall–Kier alpha value is -3.13. The van der Waals surface area contributed by atoms with Crippen LogP contribution in [0.4, 0.5) is 4.79 Å². The largest absolute Gasteiger partial charge is 0.442 e. The van der Waals surface area contributed by atoms with Crippen LogP contribution in [0.3, 0.4) is 0 Å². The maximum Gasteiger partial charge on any atom is 0.408 e. The molecule has 0 aliphatic carbocycles. The molecule has 7 nitrogen and oxygen atoms in total. The molecule has 0 radical (unpaired) electrons. The topological polar surface area (TPSA) is 90.3 Å². The molecule has 0 saturated carbocycles. The van der Waals surface area contributed by atoms with Crippen LogP contribution in [0.25, 0.3) is 11.3 Å².